The summed E-state index contributed by atoms with van der Waals surface area (Å²) in [5.41, 5.74) is 0.937. The molecule has 0 fully saturated rings. The van der Waals surface area contributed by atoms with E-state index < -0.39 is 0 Å². The molecular weight excluding hydrogens is 284 g/mol. The van der Waals surface area contributed by atoms with E-state index in [1.54, 1.807) is 11.3 Å². The zero-order chi connectivity index (χ0) is 14.5. The summed E-state index contributed by atoms with van der Waals surface area (Å²) >= 11 is 1.62. The minimum absolute atomic E-state index is 0.123. The van der Waals surface area contributed by atoms with Crippen LogP contribution in [-0.4, -0.2) is 18.1 Å². The molecule has 0 radical (unpaired) electrons. The summed E-state index contributed by atoms with van der Waals surface area (Å²) in [5, 5.41) is 6.38. The van der Waals surface area contributed by atoms with Crippen molar-refractivity contribution in [2.75, 3.05) is 18.5 Å². The van der Waals surface area contributed by atoms with Crippen LogP contribution in [0.4, 0.5) is 5.13 Å². The van der Waals surface area contributed by atoms with Gasteiger partial charge >= 0.3 is 0 Å². The molecule has 1 N–H and O–H groups in total. The zero-order valence-corrected chi connectivity index (χ0v) is 13.0. The molecule has 0 amide bonds. The largest absolute Gasteiger partial charge is 0.485 e. The Morgan fingerprint density at radius 2 is 2.14 bits per heavy atom. The van der Waals surface area contributed by atoms with Gasteiger partial charge in [0.05, 0.1) is 5.69 Å². The third kappa shape index (κ3) is 3.47. The number of rotatable bonds is 6. The van der Waals surface area contributed by atoms with Crippen LogP contribution in [0.15, 0.2) is 29.6 Å². The minimum atomic E-state index is -0.123. The van der Waals surface area contributed by atoms with E-state index in [4.69, 9.17) is 9.47 Å². The van der Waals surface area contributed by atoms with Gasteiger partial charge in [0.1, 0.15) is 6.61 Å². The van der Waals surface area contributed by atoms with E-state index >= 15 is 0 Å². The maximum absolute atomic E-state index is 5.97. The first-order valence-electron chi connectivity index (χ1n) is 7.44. The van der Waals surface area contributed by atoms with Gasteiger partial charge in [0, 0.05) is 11.9 Å². The smallest absolute Gasteiger partial charge is 0.182 e. The van der Waals surface area contributed by atoms with Crippen LogP contribution in [0, 0.1) is 0 Å². The lowest BCUT2D eigenvalue weighted by Gasteiger charge is -2.25. The highest BCUT2D eigenvalue weighted by Gasteiger charge is 2.24. The molecule has 1 aliphatic rings. The summed E-state index contributed by atoms with van der Waals surface area (Å²) < 4.78 is 11.7. The molecule has 0 spiro atoms. The lowest BCUT2D eigenvalue weighted by Crippen LogP contribution is -2.21. The van der Waals surface area contributed by atoms with Crippen LogP contribution >= 0.6 is 11.3 Å². The van der Waals surface area contributed by atoms with Crippen LogP contribution in [0.25, 0.3) is 0 Å². The lowest BCUT2D eigenvalue weighted by atomic mass is 10.2. The molecule has 0 saturated heterocycles. The number of hydrogen-bond acceptors (Lipinski definition) is 5. The van der Waals surface area contributed by atoms with Crippen molar-refractivity contribution in [3.05, 3.63) is 35.3 Å². The average Bonchev–Trinajstić information content (AvgIpc) is 3.00. The van der Waals surface area contributed by atoms with E-state index in [2.05, 4.69) is 17.2 Å². The van der Waals surface area contributed by atoms with E-state index in [-0.39, 0.29) is 6.10 Å². The molecule has 0 bridgehead atoms. The Morgan fingerprint density at radius 3 is 3.00 bits per heavy atom. The summed E-state index contributed by atoms with van der Waals surface area (Å²) in [5.74, 6) is 1.60. The number of para-hydroxylation sites is 2. The minimum Gasteiger partial charge on any atom is -0.485 e. The molecule has 1 aliphatic heterocycles. The molecule has 0 aliphatic carbocycles. The number of benzene rings is 1. The topological polar surface area (TPSA) is 43.4 Å². The van der Waals surface area contributed by atoms with Crippen molar-refractivity contribution in [3.63, 3.8) is 0 Å². The van der Waals surface area contributed by atoms with E-state index in [0.717, 1.165) is 28.9 Å². The van der Waals surface area contributed by atoms with Crippen molar-refractivity contribution < 1.29 is 9.47 Å². The first kappa shape index (κ1) is 14.2. The van der Waals surface area contributed by atoms with Crippen molar-refractivity contribution in [2.24, 2.45) is 0 Å². The lowest BCUT2D eigenvalue weighted by molar-refractivity contribution is 0.0888. The molecule has 2 heterocycles. The SMILES string of the molecule is CCCCCNc1nc(C2COc3ccccc3O2)cs1. The number of nitrogens with one attached hydrogen (secondary N) is 1. The Balaban J connectivity index is 1.59. The Bertz CT molecular complexity index is 585. The highest BCUT2D eigenvalue weighted by Crippen LogP contribution is 2.36. The number of aromatic nitrogens is 1. The maximum Gasteiger partial charge on any atom is 0.182 e. The van der Waals surface area contributed by atoms with Gasteiger partial charge in [0.15, 0.2) is 22.7 Å². The van der Waals surface area contributed by atoms with Crippen LogP contribution < -0.4 is 14.8 Å². The molecule has 0 saturated carbocycles. The van der Waals surface area contributed by atoms with Gasteiger partial charge in [0.25, 0.3) is 0 Å². The van der Waals surface area contributed by atoms with Gasteiger partial charge in [0.2, 0.25) is 0 Å². The predicted octanol–water partition coefficient (Wildman–Crippen LogP) is 4.26. The fraction of sp³-hybridized carbons (Fsp3) is 0.438. The molecule has 1 aromatic carbocycles. The number of ether oxygens (including phenoxy) is 2. The maximum atomic E-state index is 5.97. The number of unbranched alkanes of at least 4 members (excludes halogenated alkanes) is 2. The number of hydrogen-bond donors (Lipinski definition) is 1. The normalized spacial score (nSPS) is 16.7. The van der Waals surface area contributed by atoms with Crippen molar-refractivity contribution in [1.82, 2.24) is 4.98 Å². The molecule has 4 nitrogen and oxygen atoms in total. The van der Waals surface area contributed by atoms with Gasteiger partial charge in [-0.05, 0) is 18.6 Å². The van der Waals surface area contributed by atoms with E-state index in [9.17, 15) is 0 Å². The highest BCUT2D eigenvalue weighted by molar-refractivity contribution is 7.13. The van der Waals surface area contributed by atoms with Crippen LogP contribution in [-0.2, 0) is 0 Å². The molecule has 5 heteroatoms. The molecule has 3 rings (SSSR count). The van der Waals surface area contributed by atoms with Crippen molar-refractivity contribution in [2.45, 2.75) is 32.3 Å². The van der Waals surface area contributed by atoms with E-state index in [0.29, 0.717) is 6.61 Å². The predicted molar refractivity (Wildman–Crippen MR) is 85.4 cm³/mol. The summed E-state index contributed by atoms with van der Waals surface area (Å²) in [6, 6.07) is 7.75. The first-order valence-corrected chi connectivity index (χ1v) is 8.32. The first-order chi connectivity index (χ1) is 10.4. The molecule has 1 unspecified atom stereocenters. The molecular formula is C16H20N2O2S. The summed E-state index contributed by atoms with van der Waals surface area (Å²) in [4.78, 5) is 4.61. The Kier molecular flexibility index (Phi) is 4.60. The molecule has 1 aromatic heterocycles. The fourth-order valence-corrected chi connectivity index (χ4v) is 3.03. The third-order valence-electron chi connectivity index (χ3n) is 3.42. The van der Waals surface area contributed by atoms with Crippen LogP contribution in [0.3, 0.4) is 0 Å². The second-order valence-electron chi connectivity index (χ2n) is 5.08. The summed E-state index contributed by atoms with van der Waals surface area (Å²) in [7, 11) is 0. The molecule has 21 heavy (non-hydrogen) atoms. The second kappa shape index (κ2) is 6.80. The Labute approximate surface area is 129 Å². The summed E-state index contributed by atoms with van der Waals surface area (Å²) in [6.45, 7) is 3.70. The Hall–Kier alpha value is -1.75. The highest BCUT2D eigenvalue weighted by atomic mass is 32.1. The van der Waals surface area contributed by atoms with Gasteiger partial charge in [-0.25, -0.2) is 4.98 Å². The van der Waals surface area contributed by atoms with Crippen molar-refractivity contribution in [1.29, 1.82) is 0 Å². The molecule has 2 aromatic rings. The van der Waals surface area contributed by atoms with Crippen LogP contribution in [0.1, 0.15) is 38.0 Å². The van der Waals surface area contributed by atoms with E-state index in [1.807, 2.05) is 29.6 Å². The average molecular weight is 304 g/mol. The van der Waals surface area contributed by atoms with Crippen molar-refractivity contribution >= 4 is 16.5 Å². The van der Waals surface area contributed by atoms with Crippen LogP contribution in [0.2, 0.25) is 0 Å². The van der Waals surface area contributed by atoms with Gasteiger partial charge < -0.3 is 14.8 Å². The quantitative estimate of drug-likeness (QED) is 0.810. The van der Waals surface area contributed by atoms with Crippen LogP contribution in [0.5, 0.6) is 11.5 Å². The number of thiazole rings is 1. The van der Waals surface area contributed by atoms with E-state index in [1.165, 1.54) is 19.3 Å². The molecule has 1 atom stereocenters. The standard InChI is InChI=1S/C16H20N2O2S/c1-2-3-6-9-17-16-18-12(11-21-16)15-10-19-13-7-4-5-8-14(13)20-15/h4-5,7-8,11,15H,2-3,6,9-10H2,1H3,(H,17,18). The third-order valence-corrected chi connectivity index (χ3v) is 4.24. The molecule has 112 valence electrons. The zero-order valence-electron chi connectivity index (χ0n) is 12.2. The summed E-state index contributed by atoms with van der Waals surface area (Å²) in [6.07, 6.45) is 3.54. The number of fused-ring (bicyclic) bond motifs is 1. The number of anilines is 1. The van der Waals surface area contributed by atoms with Gasteiger partial charge in [-0.2, -0.15) is 0 Å². The van der Waals surface area contributed by atoms with Crippen molar-refractivity contribution in [3.8, 4) is 11.5 Å². The van der Waals surface area contributed by atoms with Gasteiger partial charge in [-0.15, -0.1) is 11.3 Å². The monoisotopic (exact) mass is 304 g/mol. The Morgan fingerprint density at radius 1 is 1.29 bits per heavy atom. The van der Waals surface area contributed by atoms with Gasteiger partial charge in [-0.1, -0.05) is 31.9 Å². The fourth-order valence-electron chi connectivity index (χ4n) is 2.25. The van der Waals surface area contributed by atoms with Gasteiger partial charge in [-0.3, -0.25) is 0 Å². The number of nitrogens with zero attached hydrogens (tertiary/aromatic N) is 1. The second-order valence-corrected chi connectivity index (χ2v) is 5.93.